The lowest BCUT2D eigenvalue weighted by Crippen LogP contribution is -2.22. The first kappa shape index (κ1) is 22.9. The highest BCUT2D eigenvalue weighted by Gasteiger charge is 2.15. The molecule has 8 nitrogen and oxygen atoms in total. The molecule has 0 aliphatic heterocycles. The minimum atomic E-state index is -0.464. The molecule has 2 rings (SSSR count). The van der Waals surface area contributed by atoms with Gasteiger partial charge in [0.2, 0.25) is 0 Å². The van der Waals surface area contributed by atoms with Crippen LogP contribution < -0.4 is 9.47 Å². The van der Waals surface area contributed by atoms with Gasteiger partial charge in [-0.25, -0.2) is 0 Å². The molecule has 0 bridgehead atoms. The lowest BCUT2D eigenvalue weighted by Gasteiger charge is -2.15. The normalized spacial score (nSPS) is 10.8. The van der Waals surface area contributed by atoms with Crippen LogP contribution in [0.25, 0.3) is 6.08 Å². The average Bonchev–Trinajstić information content (AvgIpc) is 2.72. The molecule has 2 aromatic rings. The zero-order chi connectivity index (χ0) is 22.3. The Bertz CT molecular complexity index is 1030. The Morgan fingerprint density at radius 1 is 1.27 bits per heavy atom. The Morgan fingerprint density at radius 2 is 1.97 bits per heavy atom. The van der Waals surface area contributed by atoms with E-state index in [-0.39, 0.29) is 17.9 Å². The smallest absolute Gasteiger partial charge is 0.269 e. The Labute approximate surface area is 182 Å². The van der Waals surface area contributed by atoms with Gasteiger partial charge in [-0.15, -0.1) is 0 Å². The first-order valence-corrected chi connectivity index (χ1v) is 9.72. The number of benzene rings is 2. The summed E-state index contributed by atoms with van der Waals surface area (Å²) in [6.07, 6.45) is 1.47. The molecule has 0 fully saturated rings. The third-order valence-corrected chi connectivity index (χ3v) is 4.62. The van der Waals surface area contributed by atoms with E-state index in [0.29, 0.717) is 33.7 Å². The lowest BCUT2D eigenvalue weighted by molar-refractivity contribution is -0.384. The maximum absolute atomic E-state index is 12.1. The number of nitrogens with zero attached hydrogens (tertiary/aromatic N) is 3. The largest absolute Gasteiger partial charge is 0.490 e. The fraction of sp³-hybridized carbons (Fsp3) is 0.238. The van der Waals surface area contributed by atoms with Crippen LogP contribution in [0.15, 0.2) is 46.4 Å². The number of hydrogen-bond acceptors (Lipinski definition) is 6. The van der Waals surface area contributed by atoms with Gasteiger partial charge < -0.3 is 14.4 Å². The molecular formula is C21H20BrN3O5. The Kier molecular flexibility index (Phi) is 7.95. The molecule has 0 unspecified atom stereocenters. The summed E-state index contributed by atoms with van der Waals surface area (Å²) in [7, 11) is 3.14. The van der Waals surface area contributed by atoms with Crippen molar-refractivity contribution >= 4 is 33.6 Å². The molecule has 9 heteroatoms. The number of nitro benzene ring substituents is 1. The highest BCUT2D eigenvalue weighted by molar-refractivity contribution is 9.10. The number of carbonyl (C=O) groups is 1. The van der Waals surface area contributed by atoms with Crippen LogP contribution in [0.3, 0.4) is 0 Å². The quantitative estimate of drug-likeness (QED) is 0.244. The highest BCUT2D eigenvalue weighted by atomic mass is 79.9. The summed E-state index contributed by atoms with van der Waals surface area (Å²) in [5.41, 5.74) is 1.17. The molecule has 0 spiro atoms. The van der Waals surface area contributed by atoms with Crippen LogP contribution in [0, 0.1) is 21.4 Å². The van der Waals surface area contributed by atoms with Gasteiger partial charge in [0.15, 0.2) is 11.5 Å². The fourth-order valence-corrected chi connectivity index (χ4v) is 2.94. The second-order valence-electron chi connectivity index (χ2n) is 6.34. The number of ether oxygens (including phenoxy) is 2. The van der Waals surface area contributed by atoms with Crippen molar-refractivity contribution in [2.45, 2.75) is 13.5 Å². The number of carbonyl (C=O) groups excluding carboxylic acids is 1. The number of nitro groups is 1. The number of rotatable bonds is 8. The van der Waals surface area contributed by atoms with Crippen molar-refractivity contribution in [2.24, 2.45) is 0 Å². The van der Waals surface area contributed by atoms with Gasteiger partial charge in [0.05, 0.1) is 11.5 Å². The zero-order valence-corrected chi connectivity index (χ0v) is 18.3. The summed E-state index contributed by atoms with van der Waals surface area (Å²) in [5, 5.41) is 20.2. The molecular weight excluding hydrogens is 454 g/mol. The first-order valence-electron chi connectivity index (χ1n) is 8.92. The second-order valence-corrected chi connectivity index (χ2v) is 7.19. The number of nitriles is 1. The summed E-state index contributed by atoms with van der Waals surface area (Å²) >= 11 is 3.43. The van der Waals surface area contributed by atoms with Crippen molar-refractivity contribution in [1.82, 2.24) is 4.90 Å². The molecule has 0 aliphatic carbocycles. The number of amides is 1. The molecule has 0 saturated heterocycles. The third kappa shape index (κ3) is 5.81. The van der Waals surface area contributed by atoms with Crippen LogP contribution in [-0.2, 0) is 11.4 Å². The van der Waals surface area contributed by atoms with Crippen LogP contribution in [0.2, 0.25) is 0 Å². The number of non-ortho nitro benzene ring substituents is 1. The highest BCUT2D eigenvalue weighted by Crippen LogP contribution is 2.35. The van der Waals surface area contributed by atoms with Crippen molar-refractivity contribution in [3.8, 4) is 17.6 Å². The van der Waals surface area contributed by atoms with Gasteiger partial charge in [-0.1, -0.05) is 28.1 Å². The van der Waals surface area contributed by atoms with E-state index < -0.39 is 10.8 Å². The Hall–Kier alpha value is -3.38. The molecule has 0 saturated carbocycles. The van der Waals surface area contributed by atoms with Gasteiger partial charge in [0, 0.05) is 30.7 Å². The Morgan fingerprint density at radius 3 is 2.57 bits per heavy atom. The fourth-order valence-electron chi connectivity index (χ4n) is 2.50. The Balaban J connectivity index is 2.35. The predicted molar refractivity (Wildman–Crippen MR) is 115 cm³/mol. The van der Waals surface area contributed by atoms with E-state index in [1.165, 1.54) is 23.1 Å². The topological polar surface area (TPSA) is 106 Å². The van der Waals surface area contributed by atoms with Crippen LogP contribution in [0.1, 0.15) is 18.1 Å². The monoisotopic (exact) mass is 473 g/mol. The molecule has 0 aliphatic rings. The van der Waals surface area contributed by atoms with Crippen molar-refractivity contribution in [3.05, 3.63) is 67.7 Å². The van der Waals surface area contributed by atoms with Gasteiger partial charge in [0.25, 0.3) is 11.6 Å². The number of hydrogen-bond donors (Lipinski definition) is 0. The summed E-state index contributed by atoms with van der Waals surface area (Å²) in [5.74, 6) is 0.435. The summed E-state index contributed by atoms with van der Waals surface area (Å²) in [6.45, 7) is 2.30. The third-order valence-electron chi connectivity index (χ3n) is 3.94. The summed E-state index contributed by atoms with van der Waals surface area (Å²) in [4.78, 5) is 23.9. The van der Waals surface area contributed by atoms with Gasteiger partial charge in [0.1, 0.15) is 18.2 Å². The average molecular weight is 474 g/mol. The van der Waals surface area contributed by atoms with Gasteiger partial charge >= 0.3 is 0 Å². The molecule has 0 atom stereocenters. The van der Waals surface area contributed by atoms with Crippen molar-refractivity contribution in [1.29, 1.82) is 5.26 Å². The van der Waals surface area contributed by atoms with Crippen molar-refractivity contribution in [2.75, 3.05) is 20.7 Å². The molecule has 0 heterocycles. The van der Waals surface area contributed by atoms with E-state index in [9.17, 15) is 20.2 Å². The number of halogens is 1. The molecule has 0 N–H and O–H groups in total. The van der Waals surface area contributed by atoms with E-state index in [4.69, 9.17) is 9.47 Å². The summed E-state index contributed by atoms with van der Waals surface area (Å²) < 4.78 is 12.1. The SMILES string of the molecule is CCOc1cc(/C=C(/C#N)C(=O)N(C)C)c(Br)cc1OCc1cccc([N+](=O)[O-])c1. The number of likely N-dealkylation sites (N-methyl/N-ethyl adjacent to an activating group) is 1. The molecule has 0 aromatic heterocycles. The predicted octanol–water partition coefficient (Wildman–Crippen LogP) is 4.33. The van der Waals surface area contributed by atoms with Crippen molar-refractivity contribution < 1.29 is 19.2 Å². The molecule has 2 aromatic carbocycles. The van der Waals surface area contributed by atoms with Gasteiger partial charge in [-0.2, -0.15) is 5.26 Å². The molecule has 156 valence electrons. The van der Waals surface area contributed by atoms with E-state index in [1.54, 1.807) is 38.4 Å². The van der Waals surface area contributed by atoms with Gasteiger partial charge in [-0.3, -0.25) is 14.9 Å². The summed E-state index contributed by atoms with van der Waals surface area (Å²) in [6, 6.07) is 11.4. The van der Waals surface area contributed by atoms with Crippen LogP contribution in [-0.4, -0.2) is 36.4 Å². The van der Waals surface area contributed by atoms with E-state index in [2.05, 4.69) is 15.9 Å². The maximum atomic E-state index is 12.1. The van der Waals surface area contributed by atoms with Crippen LogP contribution in [0.4, 0.5) is 5.69 Å². The standard InChI is InChI=1S/C21H20BrN3O5/c1-4-29-19-10-15(9-16(12-23)21(26)24(2)3)18(22)11-20(19)30-13-14-6-5-7-17(8-14)25(27)28/h5-11H,4,13H2,1-3H3/b16-9-. The van der Waals surface area contributed by atoms with E-state index >= 15 is 0 Å². The molecule has 1 amide bonds. The molecule has 0 radical (unpaired) electrons. The van der Waals surface area contributed by atoms with Crippen LogP contribution >= 0.6 is 15.9 Å². The van der Waals surface area contributed by atoms with Crippen molar-refractivity contribution in [3.63, 3.8) is 0 Å². The van der Waals surface area contributed by atoms with E-state index in [1.807, 2.05) is 13.0 Å². The lowest BCUT2D eigenvalue weighted by atomic mass is 10.1. The zero-order valence-electron chi connectivity index (χ0n) is 16.7. The molecule has 30 heavy (non-hydrogen) atoms. The van der Waals surface area contributed by atoms with Crippen LogP contribution in [0.5, 0.6) is 11.5 Å². The minimum Gasteiger partial charge on any atom is -0.490 e. The first-order chi connectivity index (χ1) is 14.3. The maximum Gasteiger partial charge on any atom is 0.269 e. The van der Waals surface area contributed by atoms with E-state index in [0.717, 1.165) is 0 Å². The second kappa shape index (κ2) is 10.4. The minimum absolute atomic E-state index is 0.0163. The van der Waals surface area contributed by atoms with Gasteiger partial charge in [-0.05, 0) is 36.3 Å².